The van der Waals surface area contributed by atoms with Crippen molar-refractivity contribution in [2.75, 3.05) is 33.4 Å². The number of likely N-dealkylation sites (N-methyl/N-ethyl adjacent to an activating group) is 1. The van der Waals surface area contributed by atoms with Crippen LogP contribution < -0.4 is 9.47 Å². The van der Waals surface area contributed by atoms with E-state index in [-0.39, 0.29) is 0 Å². The fourth-order valence-corrected chi connectivity index (χ4v) is 1.70. The topological polar surface area (TPSA) is 113 Å². The highest BCUT2D eigenvalue weighted by molar-refractivity contribution is 6.27. The number of rotatable bonds is 8. The minimum absolute atomic E-state index is 0.586. The third-order valence-electron chi connectivity index (χ3n) is 3.07. The highest BCUT2D eigenvalue weighted by Gasteiger charge is 2.06. The Morgan fingerprint density at radius 2 is 1.71 bits per heavy atom. The zero-order chi connectivity index (χ0) is 18.5. The number of nitrogens with zero attached hydrogens (tertiary/aromatic N) is 1. The summed E-state index contributed by atoms with van der Waals surface area (Å²) >= 11 is 0. The molecule has 8 heteroatoms. The Bertz CT molecular complexity index is 529. The molecule has 0 fully saturated rings. The second-order valence-corrected chi connectivity index (χ2v) is 4.51. The van der Waals surface area contributed by atoms with E-state index >= 15 is 0 Å². The molecule has 0 aliphatic heterocycles. The van der Waals surface area contributed by atoms with Gasteiger partial charge < -0.3 is 24.6 Å². The Kier molecular flexibility index (Phi) is 10.6. The van der Waals surface area contributed by atoms with Crippen LogP contribution >= 0.6 is 0 Å². The predicted octanol–water partition coefficient (Wildman–Crippen LogP) is 1.38. The molecule has 0 saturated carbocycles. The van der Waals surface area contributed by atoms with Crippen LogP contribution in [-0.2, 0) is 9.59 Å². The van der Waals surface area contributed by atoms with E-state index in [2.05, 4.69) is 18.7 Å². The van der Waals surface area contributed by atoms with Crippen LogP contribution in [0, 0.1) is 0 Å². The number of benzene rings is 1. The van der Waals surface area contributed by atoms with Crippen molar-refractivity contribution in [1.29, 1.82) is 0 Å². The quantitative estimate of drug-likeness (QED) is 0.538. The summed E-state index contributed by atoms with van der Waals surface area (Å²) < 4.78 is 10.9. The molecule has 0 atom stereocenters. The SMILES string of the molecule is CCN(CC)CCOc1ccc(C=O)cc1OC.O=C(O)C(=O)O. The fourth-order valence-electron chi connectivity index (χ4n) is 1.70. The molecule has 2 N–H and O–H groups in total. The van der Waals surface area contributed by atoms with Crippen molar-refractivity contribution in [3.8, 4) is 11.5 Å². The molecule has 0 unspecified atom stereocenters. The molecule has 0 saturated heterocycles. The zero-order valence-electron chi connectivity index (χ0n) is 14.0. The lowest BCUT2D eigenvalue weighted by molar-refractivity contribution is -0.159. The van der Waals surface area contributed by atoms with Crippen molar-refractivity contribution in [3.05, 3.63) is 23.8 Å². The number of aldehydes is 1. The van der Waals surface area contributed by atoms with Crippen molar-refractivity contribution in [3.63, 3.8) is 0 Å². The Morgan fingerprint density at radius 3 is 2.12 bits per heavy atom. The second-order valence-electron chi connectivity index (χ2n) is 4.51. The van der Waals surface area contributed by atoms with Crippen molar-refractivity contribution < 1.29 is 34.1 Å². The Morgan fingerprint density at radius 1 is 1.12 bits per heavy atom. The predicted molar refractivity (Wildman–Crippen MR) is 86.9 cm³/mol. The lowest BCUT2D eigenvalue weighted by Crippen LogP contribution is -2.27. The van der Waals surface area contributed by atoms with Gasteiger partial charge in [-0.1, -0.05) is 13.8 Å². The van der Waals surface area contributed by atoms with E-state index < -0.39 is 11.9 Å². The molecular formula is C16H23NO7. The van der Waals surface area contributed by atoms with Crippen LogP contribution in [0.15, 0.2) is 18.2 Å². The van der Waals surface area contributed by atoms with E-state index in [0.717, 1.165) is 25.9 Å². The molecule has 0 heterocycles. The zero-order valence-corrected chi connectivity index (χ0v) is 14.0. The summed E-state index contributed by atoms with van der Waals surface area (Å²) in [7, 11) is 1.57. The summed E-state index contributed by atoms with van der Waals surface area (Å²) in [4.78, 5) is 31.1. The van der Waals surface area contributed by atoms with Crippen LogP contribution in [0.4, 0.5) is 0 Å². The minimum Gasteiger partial charge on any atom is -0.493 e. The molecule has 0 aliphatic rings. The van der Waals surface area contributed by atoms with Gasteiger partial charge in [0.2, 0.25) is 0 Å². The number of carbonyl (C=O) groups is 3. The summed E-state index contributed by atoms with van der Waals surface area (Å²) in [6.07, 6.45) is 0.794. The number of aliphatic carboxylic acids is 2. The van der Waals surface area contributed by atoms with Crippen LogP contribution in [0.3, 0.4) is 0 Å². The normalized spacial score (nSPS) is 9.67. The van der Waals surface area contributed by atoms with Gasteiger partial charge in [-0.3, -0.25) is 4.79 Å². The number of ether oxygens (including phenoxy) is 2. The lowest BCUT2D eigenvalue weighted by atomic mass is 10.2. The Labute approximate surface area is 140 Å². The highest BCUT2D eigenvalue weighted by Crippen LogP contribution is 2.27. The molecule has 0 spiro atoms. The van der Waals surface area contributed by atoms with Crippen molar-refractivity contribution in [2.24, 2.45) is 0 Å². The molecule has 1 aromatic carbocycles. The third kappa shape index (κ3) is 8.14. The van der Waals surface area contributed by atoms with Gasteiger partial charge in [-0.25, -0.2) is 9.59 Å². The molecule has 0 amide bonds. The molecular weight excluding hydrogens is 318 g/mol. The molecule has 0 aliphatic carbocycles. The van der Waals surface area contributed by atoms with Gasteiger partial charge in [-0.15, -0.1) is 0 Å². The molecule has 1 aromatic rings. The summed E-state index contributed by atoms with van der Waals surface area (Å²) in [6.45, 7) is 7.78. The summed E-state index contributed by atoms with van der Waals surface area (Å²) in [5.74, 6) is -2.38. The maximum atomic E-state index is 10.7. The van der Waals surface area contributed by atoms with Crippen LogP contribution in [0.2, 0.25) is 0 Å². The van der Waals surface area contributed by atoms with Gasteiger partial charge in [0.05, 0.1) is 7.11 Å². The van der Waals surface area contributed by atoms with E-state index in [1.54, 1.807) is 25.3 Å². The van der Waals surface area contributed by atoms with Gasteiger partial charge in [0, 0.05) is 12.1 Å². The third-order valence-corrected chi connectivity index (χ3v) is 3.07. The van der Waals surface area contributed by atoms with Gasteiger partial charge in [0.15, 0.2) is 11.5 Å². The number of hydrogen-bond donors (Lipinski definition) is 2. The standard InChI is InChI=1S/C14H21NO3.C2H2O4/c1-4-15(5-2)8-9-18-13-7-6-12(11-16)10-14(13)17-3;3-1(4)2(5)6/h6-7,10-11H,4-5,8-9H2,1-3H3;(H,3,4)(H,5,6). The smallest absolute Gasteiger partial charge is 0.414 e. The first-order chi connectivity index (χ1) is 11.4. The molecule has 24 heavy (non-hydrogen) atoms. The maximum Gasteiger partial charge on any atom is 0.414 e. The van der Waals surface area contributed by atoms with Crippen molar-refractivity contribution in [2.45, 2.75) is 13.8 Å². The lowest BCUT2D eigenvalue weighted by Gasteiger charge is -2.18. The second kappa shape index (κ2) is 11.9. The van der Waals surface area contributed by atoms with Gasteiger partial charge in [0.25, 0.3) is 0 Å². The van der Waals surface area contributed by atoms with Gasteiger partial charge in [-0.05, 0) is 31.3 Å². The van der Waals surface area contributed by atoms with E-state index in [4.69, 9.17) is 29.3 Å². The minimum atomic E-state index is -1.82. The Hall–Kier alpha value is -2.61. The van der Waals surface area contributed by atoms with Gasteiger partial charge >= 0.3 is 11.9 Å². The first-order valence-electron chi connectivity index (χ1n) is 7.34. The first kappa shape index (κ1) is 21.4. The number of carbonyl (C=O) groups excluding carboxylic acids is 1. The summed E-state index contributed by atoms with van der Waals surface area (Å²) in [5, 5.41) is 14.8. The van der Waals surface area contributed by atoms with Gasteiger partial charge in [-0.2, -0.15) is 0 Å². The first-order valence-corrected chi connectivity index (χ1v) is 7.34. The highest BCUT2D eigenvalue weighted by atomic mass is 16.5. The number of carboxylic acid groups (broad SMARTS) is 2. The number of hydrogen-bond acceptors (Lipinski definition) is 6. The average Bonchev–Trinajstić information content (AvgIpc) is 2.59. The molecule has 0 radical (unpaired) electrons. The number of carboxylic acids is 2. The molecule has 0 bridgehead atoms. The largest absolute Gasteiger partial charge is 0.493 e. The van der Waals surface area contributed by atoms with Crippen LogP contribution in [0.25, 0.3) is 0 Å². The van der Waals surface area contributed by atoms with Crippen molar-refractivity contribution >= 4 is 18.2 Å². The van der Waals surface area contributed by atoms with Crippen LogP contribution in [0.1, 0.15) is 24.2 Å². The van der Waals surface area contributed by atoms with E-state index in [1.807, 2.05) is 0 Å². The van der Waals surface area contributed by atoms with Crippen LogP contribution in [0.5, 0.6) is 11.5 Å². The van der Waals surface area contributed by atoms with Crippen LogP contribution in [-0.4, -0.2) is 66.7 Å². The summed E-state index contributed by atoms with van der Waals surface area (Å²) in [5.41, 5.74) is 0.586. The fraction of sp³-hybridized carbons (Fsp3) is 0.438. The molecule has 8 nitrogen and oxygen atoms in total. The van der Waals surface area contributed by atoms with E-state index in [1.165, 1.54) is 0 Å². The maximum absolute atomic E-state index is 10.7. The summed E-state index contributed by atoms with van der Waals surface area (Å²) in [6, 6.07) is 5.17. The Balaban J connectivity index is 0.000000754. The average molecular weight is 341 g/mol. The van der Waals surface area contributed by atoms with Gasteiger partial charge in [0.1, 0.15) is 12.9 Å². The number of methoxy groups -OCH3 is 1. The van der Waals surface area contributed by atoms with E-state index in [9.17, 15) is 4.79 Å². The molecule has 1 rings (SSSR count). The monoisotopic (exact) mass is 341 g/mol. The van der Waals surface area contributed by atoms with Crippen molar-refractivity contribution in [1.82, 2.24) is 4.90 Å². The van der Waals surface area contributed by atoms with E-state index in [0.29, 0.717) is 23.7 Å². The molecule has 134 valence electrons. The molecule has 0 aromatic heterocycles.